The molecule has 0 aromatic heterocycles. The summed E-state index contributed by atoms with van der Waals surface area (Å²) in [6.07, 6.45) is 18.6. The first-order valence-corrected chi connectivity index (χ1v) is 9.61. The Kier molecular flexibility index (Phi) is 12.7. The molecule has 0 aromatic carbocycles. The Hall–Kier alpha value is 0. The van der Waals surface area contributed by atoms with Crippen LogP contribution in [0.3, 0.4) is 0 Å². The summed E-state index contributed by atoms with van der Waals surface area (Å²) in [5, 5.41) is 0. The van der Waals surface area contributed by atoms with E-state index in [1.54, 1.807) is 0 Å². The lowest BCUT2D eigenvalue weighted by molar-refractivity contribution is 0.261. The van der Waals surface area contributed by atoms with Crippen molar-refractivity contribution in [3.05, 3.63) is 0 Å². The van der Waals surface area contributed by atoms with Crippen LogP contribution in [-0.2, 0) is 0 Å². The fraction of sp³-hybridized carbons (Fsp3) is 1.00. The highest BCUT2D eigenvalue weighted by molar-refractivity contribution is 4.70. The van der Waals surface area contributed by atoms with E-state index < -0.39 is 0 Å². The summed E-state index contributed by atoms with van der Waals surface area (Å²) < 4.78 is 0. The monoisotopic (exact) mass is 282 g/mol. The fourth-order valence-corrected chi connectivity index (χ4v) is 3.17. The fourth-order valence-electron chi connectivity index (χ4n) is 3.17. The molecule has 122 valence electrons. The first kappa shape index (κ1) is 20.0. The minimum atomic E-state index is 0.620. The molecule has 0 aromatic rings. The second-order valence-electron chi connectivity index (χ2n) is 7.21. The summed E-state index contributed by atoms with van der Waals surface area (Å²) in [7, 11) is 0. The van der Waals surface area contributed by atoms with Crippen molar-refractivity contribution >= 4 is 0 Å². The minimum absolute atomic E-state index is 0.620. The lowest BCUT2D eigenvalue weighted by Gasteiger charge is -2.26. The zero-order valence-corrected chi connectivity index (χ0v) is 15.3. The van der Waals surface area contributed by atoms with Gasteiger partial charge in [-0.3, -0.25) is 0 Å². The predicted octanol–water partition coefficient (Wildman–Crippen LogP) is 7.76. The molecule has 0 aliphatic carbocycles. The Balaban J connectivity index is 3.33. The van der Waals surface area contributed by atoms with E-state index in [1.807, 2.05) is 0 Å². The number of hydrogen-bond donors (Lipinski definition) is 0. The molecule has 0 nitrogen and oxygen atoms in total. The molecule has 0 atom stereocenters. The summed E-state index contributed by atoms with van der Waals surface area (Å²) >= 11 is 0. The van der Waals surface area contributed by atoms with Crippen LogP contribution < -0.4 is 0 Å². The van der Waals surface area contributed by atoms with E-state index in [0.29, 0.717) is 5.41 Å². The van der Waals surface area contributed by atoms with Crippen LogP contribution in [0.15, 0.2) is 0 Å². The van der Waals surface area contributed by atoms with E-state index >= 15 is 0 Å². The highest BCUT2D eigenvalue weighted by Crippen LogP contribution is 2.31. The van der Waals surface area contributed by atoms with Crippen molar-refractivity contribution in [3.63, 3.8) is 0 Å². The Morgan fingerprint density at radius 2 is 1.10 bits per heavy atom. The van der Waals surface area contributed by atoms with Crippen LogP contribution in [0.5, 0.6) is 0 Å². The summed E-state index contributed by atoms with van der Waals surface area (Å²) in [6.45, 7) is 11.8. The standard InChI is InChI=1S/C20H42/c1-6-19(7-2)17-15-13-11-10-12-14-16-18-20(5,8-3)9-4/h19H,6-18H2,1-5H3. The van der Waals surface area contributed by atoms with Crippen molar-refractivity contribution in [2.75, 3.05) is 0 Å². The second kappa shape index (κ2) is 12.7. The number of rotatable bonds is 14. The lowest BCUT2D eigenvalue weighted by atomic mass is 9.80. The molecule has 0 radical (unpaired) electrons. The molecule has 0 unspecified atom stereocenters. The normalized spacial score (nSPS) is 12.3. The van der Waals surface area contributed by atoms with Crippen LogP contribution >= 0.6 is 0 Å². The Morgan fingerprint density at radius 3 is 1.55 bits per heavy atom. The molecular weight excluding hydrogens is 240 g/mol. The third-order valence-electron chi connectivity index (χ3n) is 5.75. The van der Waals surface area contributed by atoms with Crippen LogP contribution in [0.25, 0.3) is 0 Å². The van der Waals surface area contributed by atoms with E-state index in [4.69, 9.17) is 0 Å². The van der Waals surface area contributed by atoms with Crippen molar-refractivity contribution < 1.29 is 0 Å². The van der Waals surface area contributed by atoms with E-state index in [9.17, 15) is 0 Å². The van der Waals surface area contributed by atoms with E-state index in [2.05, 4.69) is 34.6 Å². The third-order valence-corrected chi connectivity index (χ3v) is 5.75. The predicted molar refractivity (Wildman–Crippen MR) is 94.3 cm³/mol. The van der Waals surface area contributed by atoms with Crippen LogP contribution in [-0.4, -0.2) is 0 Å². The molecule has 0 N–H and O–H groups in total. The molecule has 0 aliphatic heterocycles. The topological polar surface area (TPSA) is 0 Å². The first-order valence-electron chi connectivity index (χ1n) is 9.61. The molecule has 0 heterocycles. The van der Waals surface area contributed by atoms with Crippen LogP contribution in [0.1, 0.15) is 118 Å². The van der Waals surface area contributed by atoms with Gasteiger partial charge in [-0.1, -0.05) is 112 Å². The maximum absolute atomic E-state index is 2.46. The average molecular weight is 283 g/mol. The Morgan fingerprint density at radius 1 is 0.650 bits per heavy atom. The highest BCUT2D eigenvalue weighted by atomic mass is 14.2. The number of hydrogen-bond acceptors (Lipinski definition) is 0. The van der Waals surface area contributed by atoms with Crippen LogP contribution in [0.4, 0.5) is 0 Å². The summed E-state index contributed by atoms with van der Waals surface area (Å²) in [5.74, 6) is 0.996. The molecular formula is C20H42. The van der Waals surface area contributed by atoms with Crippen molar-refractivity contribution in [3.8, 4) is 0 Å². The van der Waals surface area contributed by atoms with Crippen LogP contribution in [0.2, 0.25) is 0 Å². The zero-order valence-electron chi connectivity index (χ0n) is 15.3. The molecule has 0 heteroatoms. The molecule has 0 rings (SSSR count). The summed E-state index contributed by atoms with van der Waals surface area (Å²) in [5.41, 5.74) is 0.620. The van der Waals surface area contributed by atoms with Gasteiger partial charge in [-0.25, -0.2) is 0 Å². The number of unbranched alkanes of at least 4 members (excludes halogenated alkanes) is 6. The summed E-state index contributed by atoms with van der Waals surface area (Å²) in [4.78, 5) is 0. The molecule has 20 heavy (non-hydrogen) atoms. The van der Waals surface area contributed by atoms with Crippen molar-refractivity contribution in [2.24, 2.45) is 11.3 Å². The second-order valence-corrected chi connectivity index (χ2v) is 7.21. The Bertz CT molecular complexity index is 186. The average Bonchev–Trinajstić information content (AvgIpc) is 2.49. The smallest absolute Gasteiger partial charge is 0.0331 e. The van der Waals surface area contributed by atoms with Gasteiger partial charge in [-0.2, -0.15) is 0 Å². The van der Waals surface area contributed by atoms with Gasteiger partial charge in [0.25, 0.3) is 0 Å². The summed E-state index contributed by atoms with van der Waals surface area (Å²) in [6, 6.07) is 0. The molecule has 0 saturated heterocycles. The van der Waals surface area contributed by atoms with Gasteiger partial charge in [-0.05, 0) is 17.8 Å². The van der Waals surface area contributed by atoms with E-state index in [1.165, 1.54) is 83.5 Å². The van der Waals surface area contributed by atoms with Crippen LogP contribution in [0, 0.1) is 11.3 Å². The molecule has 0 saturated carbocycles. The highest BCUT2D eigenvalue weighted by Gasteiger charge is 2.18. The van der Waals surface area contributed by atoms with E-state index in [-0.39, 0.29) is 0 Å². The first-order chi connectivity index (χ1) is 9.61. The lowest BCUT2D eigenvalue weighted by Crippen LogP contribution is -2.13. The zero-order chi connectivity index (χ0) is 15.3. The molecule has 0 amide bonds. The van der Waals surface area contributed by atoms with E-state index in [0.717, 1.165) is 5.92 Å². The van der Waals surface area contributed by atoms with Gasteiger partial charge >= 0.3 is 0 Å². The van der Waals surface area contributed by atoms with Gasteiger partial charge in [0.1, 0.15) is 0 Å². The molecule has 0 bridgehead atoms. The third kappa shape index (κ3) is 9.83. The van der Waals surface area contributed by atoms with Crippen molar-refractivity contribution in [1.29, 1.82) is 0 Å². The molecule has 0 spiro atoms. The van der Waals surface area contributed by atoms with Crippen molar-refractivity contribution in [2.45, 2.75) is 118 Å². The SMILES string of the molecule is CCC(CC)CCCCCCCCCC(C)(CC)CC. The quantitative estimate of drug-likeness (QED) is 0.285. The van der Waals surface area contributed by atoms with Gasteiger partial charge < -0.3 is 0 Å². The van der Waals surface area contributed by atoms with Gasteiger partial charge in [-0.15, -0.1) is 0 Å². The molecule has 0 fully saturated rings. The maximum atomic E-state index is 2.46. The van der Waals surface area contributed by atoms with Gasteiger partial charge in [0.05, 0.1) is 0 Å². The van der Waals surface area contributed by atoms with Gasteiger partial charge in [0, 0.05) is 0 Å². The van der Waals surface area contributed by atoms with Gasteiger partial charge in [0.2, 0.25) is 0 Å². The largest absolute Gasteiger partial charge is 0.0651 e. The van der Waals surface area contributed by atoms with Gasteiger partial charge in [0.15, 0.2) is 0 Å². The van der Waals surface area contributed by atoms with Crippen molar-refractivity contribution in [1.82, 2.24) is 0 Å². The Labute approximate surface area is 130 Å². The minimum Gasteiger partial charge on any atom is -0.0651 e. The maximum Gasteiger partial charge on any atom is -0.0331 e. The molecule has 0 aliphatic rings.